The summed E-state index contributed by atoms with van der Waals surface area (Å²) in [6.07, 6.45) is -0.0291. The number of benzene rings is 2. The van der Waals surface area contributed by atoms with Crippen LogP contribution in [0.25, 0.3) is 0 Å². The molecule has 2 aromatic rings. The number of halogens is 2. The molecule has 0 spiro atoms. The molecular weight excluding hydrogens is 321 g/mol. The highest BCUT2D eigenvalue weighted by molar-refractivity contribution is 6.33. The Labute approximate surface area is 138 Å². The highest BCUT2D eigenvalue weighted by atomic mass is 35.5. The Balaban J connectivity index is 1.84. The molecule has 2 aromatic carbocycles. The fourth-order valence-corrected chi connectivity index (χ4v) is 2.20. The van der Waals surface area contributed by atoms with Crippen LogP contribution in [0.4, 0.5) is 10.1 Å². The Morgan fingerprint density at radius 1 is 1.17 bits per heavy atom. The molecule has 0 aliphatic rings. The van der Waals surface area contributed by atoms with Crippen molar-refractivity contribution in [2.45, 2.75) is 13.3 Å². The summed E-state index contributed by atoms with van der Waals surface area (Å²) in [4.78, 5) is 23.5. The van der Waals surface area contributed by atoms with Crippen molar-refractivity contribution in [3.05, 3.63) is 64.4 Å². The zero-order chi connectivity index (χ0) is 16.8. The number of carbonyl (C=O) groups is 2. The number of nitrogens with one attached hydrogen (secondary N) is 1. The lowest BCUT2D eigenvalue weighted by molar-refractivity contribution is -0.146. The van der Waals surface area contributed by atoms with Crippen molar-refractivity contribution in [1.29, 1.82) is 0 Å². The number of hydrogen-bond acceptors (Lipinski definition) is 3. The minimum absolute atomic E-state index is 0.0291. The fourth-order valence-electron chi connectivity index (χ4n) is 1.93. The van der Waals surface area contributed by atoms with Gasteiger partial charge < -0.3 is 10.1 Å². The number of hydrogen-bond donors (Lipinski definition) is 1. The Morgan fingerprint density at radius 2 is 1.87 bits per heavy atom. The van der Waals surface area contributed by atoms with E-state index in [1.807, 2.05) is 13.0 Å². The highest BCUT2D eigenvalue weighted by Gasteiger charge is 2.11. The van der Waals surface area contributed by atoms with Gasteiger partial charge in [0.15, 0.2) is 6.61 Å². The van der Waals surface area contributed by atoms with Gasteiger partial charge >= 0.3 is 5.97 Å². The zero-order valence-corrected chi connectivity index (χ0v) is 13.2. The van der Waals surface area contributed by atoms with Crippen LogP contribution in [0.5, 0.6) is 0 Å². The van der Waals surface area contributed by atoms with Gasteiger partial charge in [0.2, 0.25) is 0 Å². The largest absolute Gasteiger partial charge is 0.455 e. The lowest BCUT2D eigenvalue weighted by Gasteiger charge is -2.10. The summed E-state index contributed by atoms with van der Waals surface area (Å²) in [7, 11) is 0. The number of aryl methyl sites for hydroxylation is 1. The maximum Gasteiger partial charge on any atom is 0.310 e. The molecule has 0 aliphatic heterocycles. The SMILES string of the molecule is Cc1cccc(Cl)c1NC(=O)COC(=O)Cc1ccc(F)cc1. The van der Waals surface area contributed by atoms with Gasteiger partial charge in [0, 0.05) is 0 Å². The summed E-state index contributed by atoms with van der Waals surface area (Å²) in [5, 5.41) is 3.02. The minimum atomic E-state index is -0.567. The van der Waals surface area contributed by atoms with Gasteiger partial charge in [-0.3, -0.25) is 9.59 Å². The standard InChI is InChI=1S/C17H15ClFNO3/c1-11-3-2-4-14(18)17(11)20-15(21)10-23-16(22)9-12-5-7-13(19)8-6-12/h2-8H,9-10H2,1H3,(H,20,21). The van der Waals surface area contributed by atoms with Gasteiger partial charge in [-0.1, -0.05) is 35.9 Å². The molecule has 0 aromatic heterocycles. The van der Waals surface area contributed by atoms with E-state index in [0.717, 1.165) is 5.56 Å². The molecule has 120 valence electrons. The van der Waals surface area contributed by atoms with Crippen LogP contribution in [0.2, 0.25) is 5.02 Å². The van der Waals surface area contributed by atoms with E-state index < -0.39 is 18.5 Å². The topological polar surface area (TPSA) is 55.4 Å². The molecule has 0 saturated carbocycles. The van der Waals surface area contributed by atoms with Crippen LogP contribution in [0.1, 0.15) is 11.1 Å². The molecule has 0 heterocycles. The summed E-state index contributed by atoms with van der Waals surface area (Å²) in [6, 6.07) is 10.7. The summed E-state index contributed by atoms with van der Waals surface area (Å²) in [6.45, 7) is 1.40. The van der Waals surface area contributed by atoms with Crippen molar-refractivity contribution in [3.63, 3.8) is 0 Å². The molecule has 23 heavy (non-hydrogen) atoms. The van der Waals surface area contributed by atoms with Gasteiger partial charge in [0.1, 0.15) is 5.82 Å². The van der Waals surface area contributed by atoms with Crippen LogP contribution >= 0.6 is 11.6 Å². The van der Waals surface area contributed by atoms with Gasteiger partial charge in [-0.15, -0.1) is 0 Å². The Hall–Kier alpha value is -2.40. The first-order valence-electron chi connectivity index (χ1n) is 6.91. The van der Waals surface area contributed by atoms with Crippen molar-refractivity contribution in [2.75, 3.05) is 11.9 Å². The number of para-hydroxylation sites is 1. The number of rotatable bonds is 5. The third-order valence-corrected chi connectivity index (χ3v) is 3.43. The van der Waals surface area contributed by atoms with Crippen molar-refractivity contribution in [2.24, 2.45) is 0 Å². The molecule has 0 atom stereocenters. The monoisotopic (exact) mass is 335 g/mol. The van der Waals surface area contributed by atoms with Crippen LogP contribution in [0, 0.1) is 12.7 Å². The molecule has 6 heteroatoms. The molecule has 0 radical (unpaired) electrons. The number of anilines is 1. The average molecular weight is 336 g/mol. The fraction of sp³-hybridized carbons (Fsp3) is 0.176. The first kappa shape index (κ1) is 17.0. The second kappa shape index (κ2) is 7.74. The summed E-state index contributed by atoms with van der Waals surface area (Å²) in [5.41, 5.74) is 1.91. The molecule has 2 rings (SSSR count). The van der Waals surface area contributed by atoms with Crippen LogP contribution in [-0.2, 0) is 20.7 Å². The van der Waals surface area contributed by atoms with E-state index in [4.69, 9.17) is 16.3 Å². The van der Waals surface area contributed by atoms with Gasteiger partial charge in [-0.2, -0.15) is 0 Å². The van der Waals surface area contributed by atoms with Gasteiger partial charge in [-0.05, 0) is 36.2 Å². The molecule has 0 unspecified atom stereocenters. The van der Waals surface area contributed by atoms with Gasteiger partial charge in [0.05, 0.1) is 17.1 Å². The van der Waals surface area contributed by atoms with E-state index in [1.54, 1.807) is 12.1 Å². The predicted molar refractivity (Wildman–Crippen MR) is 85.9 cm³/mol. The summed E-state index contributed by atoms with van der Waals surface area (Å²) < 4.78 is 17.7. The smallest absolute Gasteiger partial charge is 0.310 e. The molecule has 1 amide bonds. The second-order valence-electron chi connectivity index (χ2n) is 4.94. The normalized spacial score (nSPS) is 10.2. The number of ether oxygens (including phenoxy) is 1. The van der Waals surface area contributed by atoms with E-state index in [9.17, 15) is 14.0 Å². The van der Waals surface area contributed by atoms with Gasteiger partial charge in [-0.25, -0.2) is 4.39 Å². The maximum atomic E-state index is 12.8. The zero-order valence-electron chi connectivity index (χ0n) is 12.4. The lowest BCUT2D eigenvalue weighted by atomic mass is 10.1. The van der Waals surface area contributed by atoms with E-state index in [0.29, 0.717) is 16.3 Å². The predicted octanol–water partition coefficient (Wildman–Crippen LogP) is 3.51. The van der Waals surface area contributed by atoms with Crippen LogP contribution in [0.3, 0.4) is 0 Å². The van der Waals surface area contributed by atoms with Crippen molar-refractivity contribution in [3.8, 4) is 0 Å². The average Bonchev–Trinajstić information content (AvgIpc) is 2.51. The summed E-state index contributed by atoms with van der Waals surface area (Å²) in [5.74, 6) is -1.42. The molecule has 4 nitrogen and oxygen atoms in total. The van der Waals surface area contributed by atoms with Gasteiger partial charge in [0.25, 0.3) is 5.91 Å². The number of amides is 1. The van der Waals surface area contributed by atoms with E-state index in [-0.39, 0.29) is 12.2 Å². The molecule has 0 bridgehead atoms. The van der Waals surface area contributed by atoms with Crippen molar-refractivity contribution in [1.82, 2.24) is 0 Å². The molecule has 0 aliphatic carbocycles. The van der Waals surface area contributed by atoms with Crippen LogP contribution in [0.15, 0.2) is 42.5 Å². The maximum absolute atomic E-state index is 12.8. The first-order chi connectivity index (χ1) is 11.0. The third-order valence-electron chi connectivity index (χ3n) is 3.11. The van der Waals surface area contributed by atoms with E-state index in [1.165, 1.54) is 24.3 Å². The van der Waals surface area contributed by atoms with Crippen molar-refractivity contribution < 1.29 is 18.7 Å². The van der Waals surface area contributed by atoms with Crippen molar-refractivity contribution >= 4 is 29.2 Å². The first-order valence-corrected chi connectivity index (χ1v) is 7.28. The Morgan fingerprint density at radius 3 is 2.52 bits per heavy atom. The Bertz CT molecular complexity index is 696. The van der Waals surface area contributed by atoms with E-state index >= 15 is 0 Å². The molecule has 0 saturated heterocycles. The highest BCUT2D eigenvalue weighted by Crippen LogP contribution is 2.24. The Kier molecular flexibility index (Phi) is 5.71. The second-order valence-corrected chi connectivity index (χ2v) is 5.35. The van der Waals surface area contributed by atoms with E-state index in [2.05, 4.69) is 5.32 Å². The number of carbonyl (C=O) groups excluding carboxylic acids is 2. The van der Waals surface area contributed by atoms with Crippen LogP contribution < -0.4 is 5.32 Å². The lowest BCUT2D eigenvalue weighted by Crippen LogP contribution is -2.22. The molecular formula is C17H15ClFNO3. The van der Waals surface area contributed by atoms with Crippen LogP contribution in [-0.4, -0.2) is 18.5 Å². The number of esters is 1. The summed E-state index contributed by atoms with van der Waals surface area (Å²) >= 11 is 6.00. The minimum Gasteiger partial charge on any atom is -0.455 e. The molecule has 0 fully saturated rings. The quantitative estimate of drug-likeness (QED) is 0.851. The third kappa shape index (κ3) is 5.07. The molecule has 1 N–H and O–H groups in total.